The van der Waals surface area contributed by atoms with Crippen LogP contribution < -0.4 is 5.32 Å². The largest absolute Gasteiger partial charge is 0.322 e. The molecule has 0 atom stereocenters. The van der Waals surface area contributed by atoms with Crippen LogP contribution in [0, 0.1) is 22.9 Å². The Morgan fingerprint density at radius 2 is 2.00 bits per heavy atom. The molecule has 0 aliphatic rings. The van der Waals surface area contributed by atoms with Crippen molar-refractivity contribution >= 4 is 29.0 Å². The number of nitrogens with zero attached hydrogens (tertiary/aromatic N) is 5. The maximum Gasteiger partial charge on any atom is 0.322 e. The molecule has 11 heteroatoms. The number of carbonyl (C=O) groups excluding carboxylic acids is 1. The van der Waals surface area contributed by atoms with Crippen LogP contribution in [0.3, 0.4) is 0 Å². The number of rotatable bonds is 5. The van der Waals surface area contributed by atoms with Crippen LogP contribution in [0.15, 0.2) is 30.5 Å². The SMILES string of the molecule is Cc1nn(C)c(C(=O)Nc2nn(Cc3ccc(F)cc3)cc2Cl)c1[N+](=O)[O-]. The smallest absolute Gasteiger partial charge is 0.302 e. The number of hydrogen-bond acceptors (Lipinski definition) is 5. The van der Waals surface area contributed by atoms with Crippen molar-refractivity contribution < 1.29 is 14.1 Å². The number of amides is 1. The van der Waals surface area contributed by atoms with E-state index in [1.54, 1.807) is 12.1 Å². The van der Waals surface area contributed by atoms with Crippen LogP contribution in [0.5, 0.6) is 0 Å². The maximum atomic E-state index is 13.0. The van der Waals surface area contributed by atoms with Gasteiger partial charge in [0.15, 0.2) is 5.82 Å². The van der Waals surface area contributed by atoms with E-state index >= 15 is 0 Å². The lowest BCUT2D eigenvalue weighted by molar-refractivity contribution is -0.385. The Bertz CT molecular complexity index is 1030. The third-order valence-electron chi connectivity index (χ3n) is 3.80. The molecule has 27 heavy (non-hydrogen) atoms. The highest BCUT2D eigenvalue weighted by Gasteiger charge is 2.30. The lowest BCUT2D eigenvalue weighted by atomic mass is 10.2. The topological polar surface area (TPSA) is 108 Å². The van der Waals surface area contributed by atoms with E-state index in [0.29, 0.717) is 6.54 Å². The van der Waals surface area contributed by atoms with E-state index in [2.05, 4.69) is 15.5 Å². The summed E-state index contributed by atoms with van der Waals surface area (Å²) in [6.07, 6.45) is 1.49. The number of benzene rings is 1. The predicted molar refractivity (Wildman–Crippen MR) is 95.3 cm³/mol. The number of hydrogen-bond donors (Lipinski definition) is 1. The molecule has 0 aliphatic carbocycles. The summed E-state index contributed by atoms with van der Waals surface area (Å²) in [6.45, 7) is 1.75. The van der Waals surface area contributed by atoms with Gasteiger partial charge in [-0.2, -0.15) is 10.2 Å². The second-order valence-electron chi connectivity index (χ2n) is 5.77. The fraction of sp³-hybridized carbons (Fsp3) is 0.188. The summed E-state index contributed by atoms with van der Waals surface area (Å²) < 4.78 is 15.6. The third kappa shape index (κ3) is 3.80. The fourth-order valence-corrected chi connectivity index (χ4v) is 2.82. The van der Waals surface area contributed by atoms with Crippen molar-refractivity contribution in [2.45, 2.75) is 13.5 Å². The molecule has 0 aliphatic heterocycles. The predicted octanol–water partition coefficient (Wildman–Crippen LogP) is 2.93. The molecular weight excluding hydrogens is 379 g/mol. The van der Waals surface area contributed by atoms with Crippen molar-refractivity contribution in [3.63, 3.8) is 0 Å². The van der Waals surface area contributed by atoms with Gasteiger partial charge >= 0.3 is 5.69 Å². The molecule has 0 fully saturated rings. The molecule has 0 spiro atoms. The van der Waals surface area contributed by atoms with Crippen molar-refractivity contribution in [3.05, 3.63) is 68.4 Å². The standard InChI is InChI=1S/C16H14ClFN6O3/c1-9-13(24(26)27)14(22(2)20-9)16(25)19-15-12(17)8-23(21-15)7-10-3-5-11(18)6-4-10/h3-6,8H,7H2,1-2H3,(H,19,21,25). The Balaban J connectivity index is 1.82. The second kappa shape index (κ2) is 7.16. The minimum Gasteiger partial charge on any atom is -0.302 e. The van der Waals surface area contributed by atoms with Crippen LogP contribution in [-0.2, 0) is 13.6 Å². The van der Waals surface area contributed by atoms with Gasteiger partial charge in [-0.25, -0.2) is 4.39 Å². The molecule has 0 saturated carbocycles. The van der Waals surface area contributed by atoms with Gasteiger partial charge in [0.05, 0.1) is 11.5 Å². The van der Waals surface area contributed by atoms with Gasteiger partial charge in [-0.05, 0) is 24.6 Å². The summed E-state index contributed by atoms with van der Waals surface area (Å²) in [6, 6.07) is 5.86. The molecule has 3 rings (SSSR count). The number of anilines is 1. The van der Waals surface area contributed by atoms with Gasteiger partial charge in [0.1, 0.15) is 16.5 Å². The molecule has 1 aromatic carbocycles. The molecule has 9 nitrogen and oxygen atoms in total. The molecule has 1 amide bonds. The third-order valence-corrected chi connectivity index (χ3v) is 4.07. The zero-order valence-corrected chi connectivity index (χ0v) is 15.1. The van der Waals surface area contributed by atoms with Crippen LogP contribution >= 0.6 is 11.6 Å². The van der Waals surface area contributed by atoms with Gasteiger partial charge in [-0.1, -0.05) is 23.7 Å². The van der Waals surface area contributed by atoms with Gasteiger partial charge in [0.2, 0.25) is 5.69 Å². The first-order valence-electron chi connectivity index (χ1n) is 7.73. The lowest BCUT2D eigenvalue weighted by Crippen LogP contribution is -2.18. The van der Waals surface area contributed by atoms with Gasteiger partial charge in [0, 0.05) is 13.2 Å². The Morgan fingerprint density at radius 1 is 1.33 bits per heavy atom. The monoisotopic (exact) mass is 392 g/mol. The molecule has 2 aromatic heterocycles. The minimum atomic E-state index is -0.751. The molecule has 0 radical (unpaired) electrons. The number of halogens is 2. The minimum absolute atomic E-state index is 0.0527. The summed E-state index contributed by atoms with van der Waals surface area (Å²) in [5.41, 5.74) is 0.324. The highest BCUT2D eigenvalue weighted by atomic mass is 35.5. The fourth-order valence-electron chi connectivity index (χ4n) is 2.63. The van der Waals surface area contributed by atoms with Crippen molar-refractivity contribution in [3.8, 4) is 0 Å². The number of aryl methyl sites for hydroxylation is 2. The molecule has 3 aromatic rings. The van der Waals surface area contributed by atoms with E-state index in [1.165, 1.54) is 37.0 Å². The van der Waals surface area contributed by atoms with Crippen LogP contribution in [0.25, 0.3) is 0 Å². The van der Waals surface area contributed by atoms with E-state index < -0.39 is 10.8 Å². The zero-order valence-electron chi connectivity index (χ0n) is 14.3. The highest BCUT2D eigenvalue weighted by Crippen LogP contribution is 2.25. The number of aromatic nitrogens is 4. The Hall–Kier alpha value is -3.27. The average Bonchev–Trinajstić information content (AvgIpc) is 3.08. The van der Waals surface area contributed by atoms with Crippen LogP contribution in [0.2, 0.25) is 5.02 Å². The molecule has 140 valence electrons. The summed E-state index contributed by atoms with van der Waals surface area (Å²) in [5, 5.41) is 21.9. The van der Waals surface area contributed by atoms with Crippen LogP contribution in [0.4, 0.5) is 15.9 Å². The normalized spacial score (nSPS) is 10.8. The molecule has 0 saturated heterocycles. The summed E-state index contributed by atoms with van der Waals surface area (Å²) in [4.78, 5) is 23.1. The van der Waals surface area contributed by atoms with E-state index in [1.807, 2.05) is 0 Å². The van der Waals surface area contributed by atoms with Crippen molar-refractivity contribution in [2.24, 2.45) is 7.05 Å². The summed E-state index contributed by atoms with van der Waals surface area (Å²) >= 11 is 6.10. The van der Waals surface area contributed by atoms with Crippen LogP contribution in [0.1, 0.15) is 21.7 Å². The van der Waals surface area contributed by atoms with Gasteiger partial charge in [-0.3, -0.25) is 24.3 Å². The van der Waals surface area contributed by atoms with E-state index in [9.17, 15) is 19.3 Å². The summed E-state index contributed by atoms with van der Waals surface area (Å²) in [5.74, 6) is -1.05. The Labute approximate surface area is 157 Å². The van der Waals surface area contributed by atoms with Gasteiger partial charge in [-0.15, -0.1) is 0 Å². The van der Waals surface area contributed by atoms with Crippen LogP contribution in [-0.4, -0.2) is 30.4 Å². The molecule has 1 N–H and O–H groups in total. The van der Waals surface area contributed by atoms with Crippen molar-refractivity contribution in [1.82, 2.24) is 19.6 Å². The molecular formula is C16H14ClFN6O3. The maximum absolute atomic E-state index is 13.0. The zero-order chi connectivity index (χ0) is 19.7. The number of carbonyl (C=O) groups is 1. The quantitative estimate of drug-likeness (QED) is 0.530. The van der Waals surface area contributed by atoms with E-state index in [4.69, 9.17) is 11.6 Å². The Kier molecular flexibility index (Phi) is 4.91. The van der Waals surface area contributed by atoms with Gasteiger partial charge < -0.3 is 5.32 Å². The average molecular weight is 393 g/mol. The highest BCUT2D eigenvalue weighted by molar-refractivity contribution is 6.33. The van der Waals surface area contributed by atoms with Gasteiger partial charge in [0.25, 0.3) is 5.91 Å². The molecule has 0 unspecified atom stereocenters. The molecule has 0 bridgehead atoms. The first-order valence-corrected chi connectivity index (χ1v) is 8.10. The second-order valence-corrected chi connectivity index (χ2v) is 6.17. The molecule has 2 heterocycles. The lowest BCUT2D eigenvalue weighted by Gasteiger charge is -2.03. The first kappa shape index (κ1) is 18.5. The van der Waals surface area contributed by atoms with E-state index in [-0.39, 0.29) is 33.7 Å². The van der Waals surface area contributed by atoms with Crippen molar-refractivity contribution in [2.75, 3.05) is 5.32 Å². The first-order chi connectivity index (χ1) is 12.8. The van der Waals surface area contributed by atoms with E-state index in [0.717, 1.165) is 10.2 Å². The Morgan fingerprint density at radius 3 is 2.63 bits per heavy atom. The van der Waals surface area contributed by atoms with Crippen molar-refractivity contribution in [1.29, 1.82) is 0 Å². The number of nitrogens with one attached hydrogen (secondary N) is 1. The number of nitro groups is 1. The summed E-state index contributed by atoms with van der Waals surface area (Å²) in [7, 11) is 1.43.